The van der Waals surface area contributed by atoms with Crippen LogP contribution < -0.4 is 0 Å². The number of thioether (sulfide) groups is 1. The van der Waals surface area contributed by atoms with Gasteiger partial charge in [-0.25, -0.2) is 9.97 Å². The Labute approximate surface area is 125 Å². The number of Topliss-reactive ketones (excluding diaryl/α,β-unsaturated/α-hetero) is 1. The third-order valence-electron chi connectivity index (χ3n) is 2.55. The molecule has 0 aliphatic rings. The number of nitrogens with zero attached hydrogens (tertiary/aromatic N) is 2. The lowest BCUT2D eigenvalue weighted by molar-refractivity contribution is 0.0994. The lowest BCUT2D eigenvalue weighted by Gasteiger charge is -2.09. The predicted molar refractivity (Wildman–Crippen MR) is 80.6 cm³/mol. The molecule has 1 heterocycles. The third-order valence-corrected chi connectivity index (χ3v) is 4.06. The Bertz CT molecular complexity index is 586. The summed E-state index contributed by atoms with van der Waals surface area (Å²) < 4.78 is 0.964. The molecule has 0 aliphatic heterocycles. The van der Waals surface area contributed by atoms with Gasteiger partial charge in [-0.2, -0.15) is 0 Å². The van der Waals surface area contributed by atoms with Gasteiger partial charge in [-0.15, -0.1) is 0 Å². The SMILES string of the molecule is Cc1ccnc(SC(C)C(=O)c2ccc(Br)cc2)n1. The maximum atomic E-state index is 12.3. The minimum absolute atomic E-state index is 0.0857. The van der Waals surface area contributed by atoms with Gasteiger partial charge in [0.15, 0.2) is 10.9 Å². The van der Waals surface area contributed by atoms with Crippen molar-refractivity contribution in [3.8, 4) is 0 Å². The molecule has 0 saturated carbocycles. The molecule has 0 amide bonds. The van der Waals surface area contributed by atoms with E-state index < -0.39 is 0 Å². The van der Waals surface area contributed by atoms with E-state index in [2.05, 4.69) is 25.9 Å². The zero-order chi connectivity index (χ0) is 13.8. The maximum Gasteiger partial charge on any atom is 0.188 e. The number of carbonyl (C=O) groups excluding carboxylic acids is 1. The first-order valence-electron chi connectivity index (χ1n) is 5.82. The van der Waals surface area contributed by atoms with Gasteiger partial charge in [0.25, 0.3) is 0 Å². The third kappa shape index (κ3) is 3.88. The highest BCUT2D eigenvalue weighted by molar-refractivity contribution is 9.10. The molecule has 0 bridgehead atoms. The molecule has 2 aromatic rings. The molecule has 1 aromatic carbocycles. The molecule has 5 heteroatoms. The lowest BCUT2D eigenvalue weighted by atomic mass is 10.1. The van der Waals surface area contributed by atoms with Crippen molar-refractivity contribution >= 4 is 33.5 Å². The van der Waals surface area contributed by atoms with Crippen molar-refractivity contribution < 1.29 is 4.79 Å². The number of halogens is 1. The van der Waals surface area contributed by atoms with Crippen LogP contribution in [0.3, 0.4) is 0 Å². The summed E-state index contributed by atoms with van der Waals surface area (Å²) in [6.45, 7) is 3.79. The second kappa shape index (κ2) is 6.30. The van der Waals surface area contributed by atoms with Crippen LogP contribution in [0, 0.1) is 6.92 Å². The molecule has 1 unspecified atom stereocenters. The van der Waals surface area contributed by atoms with Crippen molar-refractivity contribution in [1.82, 2.24) is 9.97 Å². The molecule has 0 saturated heterocycles. The largest absolute Gasteiger partial charge is 0.293 e. The summed E-state index contributed by atoms with van der Waals surface area (Å²) in [6, 6.07) is 9.22. The Kier molecular flexibility index (Phi) is 4.71. The van der Waals surface area contributed by atoms with E-state index in [-0.39, 0.29) is 11.0 Å². The van der Waals surface area contributed by atoms with Gasteiger partial charge in [0, 0.05) is 21.9 Å². The van der Waals surface area contributed by atoms with Gasteiger partial charge in [0.1, 0.15) is 0 Å². The molecule has 0 fully saturated rings. The summed E-state index contributed by atoms with van der Waals surface area (Å²) >= 11 is 4.74. The summed E-state index contributed by atoms with van der Waals surface area (Å²) in [5.74, 6) is 0.0857. The van der Waals surface area contributed by atoms with Crippen LogP contribution in [0.2, 0.25) is 0 Å². The molecule has 1 aromatic heterocycles. The normalized spacial score (nSPS) is 12.2. The number of carbonyl (C=O) groups is 1. The highest BCUT2D eigenvalue weighted by atomic mass is 79.9. The van der Waals surface area contributed by atoms with Crippen LogP contribution in [-0.2, 0) is 0 Å². The molecule has 0 N–H and O–H groups in total. The van der Waals surface area contributed by atoms with Crippen LogP contribution in [0.1, 0.15) is 23.0 Å². The molecular formula is C14H13BrN2OS. The van der Waals surface area contributed by atoms with Crippen molar-refractivity contribution in [2.45, 2.75) is 24.3 Å². The first-order valence-corrected chi connectivity index (χ1v) is 7.49. The Morgan fingerprint density at radius 2 is 1.95 bits per heavy atom. The Morgan fingerprint density at radius 1 is 1.26 bits per heavy atom. The van der Waals surface area contributed by atoms with Gasteiger partial charge in [-0.3, -0.25) is 4.79 Å². The fourth-order valence-electron chi connectivity index (χ4n) is 1.54. The first-order chi connectivity index (χ1) is 9.06. The van der Waals surface area contributed by atoms with Crippen molar-refractivity contribution in [3.63, 3.8) is 0 Å². The smallest absolute Gasteiger partial charge is 0.188 e. The first kappa shape index (κ1) is 14.2. The fraction of sp³-hybridized carbons (Fsp3) is 0.214. The average molecular weight is 337 g/mol. The second-order valence-corrected chi connectivity index (χ2v) is 6.34. The van der Waals surface area contributed by atoms with E-state index in [9.17, 15) is 4.79 Å². The van der Waals surface area contributed by atoms with Gasteiger partial charge in [-0.05, 0) is 32.0 Å². The van der Waals surface area contributed by atoms with E-state index in [1.807, 2.05) is 44.2 Å². The quantitative estimate of drug-likeness (QED) is 0.482. The van der Waals surface area contributed by atoms with Crippen molar-refractivity contribution in [2.75, 3.05) is 0 Å². The Hall–Kier alpha value is -1.20. The van der Waals surface area contributed by atoms with E-state index in [1.54, 1.807) is 6.20 Å². The molecule has 2 rings (SSSR count). The van der Waals surface area contributed by atoms with Crippen molar-refractivity contribution in [2.24, 2.45) is 0 Å². The molecular weight excluding hydrogens is 324 g/mol. The fourth-order valence-corrected chi connectivity index (χ4v) is 2.69. The van der Waals surface area contributed by atoms with Crippen LogP contribution in [0.15, 0.2) is 46.2 Å². The van der Waals surface area contributed by atoms with Gasteiger partial charge in [-0.1, -0.05) is 39.8 Å². The topological polar surface area (TPSA) is 42.9 Å². The molecule has 0 aliphatic carbocycles. The summed E-state index contributed by atoms with van der Waals surface area (Å²) in [5.41, 5.74) is 1.61. The van der Waals surface area contributed by atoms with E-state index in [1.165, 1.54) is 11.8 Å². The number of hydrogen-bond acceptors (Lipinski definition) is 4. The maximum absolute atomic E-state index is 12.3. The predicted octanol–water partition coefficient (Wildman–Crippen LogP) is 3.91. The van der Waals surface area contributed by atoms with Gasteiger partial charge in [0.2, 0.25) is 0 Å². The van der Waals surface area contributed by atoms with E-state index in [0.717, 1.165) is 10.2 Å². The van der Waals surface area contributed by atoms with Crippen LogP contribution in [0.5, 0.6) is 0 Å². The molecule has 0 radical (unpaired) electrons. The molecule has 19 heavy (non-hydrogen) atoms. The van der Waals surface area contributed by atoms with Crippen LogP contribution >= 0.6 is 27.7 Å². The minimum atomic E-state index is -0.206. The highest BCUT2D eigenvalue weighted by Gasteiger charge is 2.17. The summed E-state index contributed by atoms with van der Waals surface area (Å²) in [6.07, 6.45) is 1.71. The molecule has 3 nitrogen and oxygen atoms in total. The lowest BCUT2D eigenvalue weighted by Crippen LogP contribution is -2.14. The molecule has 1 atom stereocenters. The van der Waals surface area contributed by atoms with E-state index in [4.69, 9.17) is 0 Å². The van der Waals surface area contributed by atoms with Gasteiger partial charge in [0.05, 0.1) is 5.25 Å². The summed E-state index contributed by atoms with van der Waals surface area (Å²) in [4.78, 5) is 20.7. The highest BCUT2D eigenvalue weighted by Crippen LogP contribution is 2.23. The summed E-state index contributed by atoms with van der Waals surface area (Å²) in [7, 11) is 0. The van der Waals surface area contributed by atoms with Gasteiger partial charge >= 0.3 is 0 Å². The number of aryl methyl sites for hydroxylation is 1. The summed E-state index contributed by atoms with van der Waals surface area (Å²) in [5, 5.41) is 0.431. The average Bonchev–Trinajstić information content (AvgIpc) is 2.39. The monoisotopic (exact) mass is 336 g/mol. The van der Waals surface area contributed by atoms with Crippen LogP contribution in [0.4, 0.5) is 0 Å². The van der Waals surface area contributed by atoms with Crippen LogP contribution in [-0.4, -0.2) is 21.0 Å². The van der Waals surface area contributed by atoms with Gasteiger partial charge < -0.3 is 0 Å². The number of aromatic nitrogens is 2. The zero-order valence-corrected chi connectivity index (χ0v) is 13.0. The zero-order valence-electron chi connectivity index (χ0n) is 10.6. The number of benzene rings is 1. The van der Waals surface area contributed by atoms with Crippen molar-refractivity contribution in [1.29, 1.82) is 0 Å². The molecule has 98 valence electrons. The van der Waals surface area contributed by atoms with Crippen LogP contribution in [0.25, 0.3) is 0 Å². The number of rotatable bonds is 4. The standard InChI is InChI=1S/C14H13BrN2OS/c1-9-7-8-16-14(17-9)19-10(2)13(18)11-3-5-12(15)6-4-11/h3-8,10H,1-2H3. The van der Waals surface area contributed by atoms with E-state index in [0.29, 0.717) is 10.7 Å². The van der Waals surface area contributed by atoms with Crippen molar-refractivity contribution in [3.05, 3.63) is 52.3 Å². The van der Waals surface area contributed by atoms with E-state index >= 15 is 0 Å². The number of hydrogen-bond donors (Lipinski definition) is 0. The second-order valence-electron chi connectivity index (χ2n) is 4.11. The number of ketones is 1. The minimum Gasteiger partial charge on any atom is -0.293 e. The molecule has 0 spiro atoms. The Balaban J connectivity index is 2.09. The Morgan fingerprint density at radius 3 is 2.58 bits per heavy atom.